The lowest BCUT2D eigenvalue weighted by atomic mass is 10.0. The van der Waals surface area contributed by atoms with Crippen LogP contribution in [0.4, 0.5) is 0 Å². The Bertz CT molecular complexity index is 545. The molecule has 0 radical (unpaired) electrons. The number of nitrogens with one attached hydrogen (secondary N) is 3. The third kappa shape index (κ3) is 2.80. The van der Waals surface area contributed by atoms with E-state index in [0.717, 1.165) is 6.42 Å². The highest BCUT2D eigenvalue weighted by molar-refractivity contribution is 7.80. The number of carbonyl (C=O) groups is 1. The van der Waals surface area contributed by atoms with Gasteiger partial charge in [0.2, 0.25) is 0 Å². The number of rotatable bonds is 2. The van der Waals surface area contributed by atoms with E-state index in [2.05, 4.69) is 33.3 Å². The Kier molecular flexibility index (Phi) is 3.64. The number of hydrazine groups is 1. The first-order valence-corrected chi connectivity index (χ1v) is 7.08. The molecule has 1 amide bonds. The van der Waals surface area contributed by atoms with Crippen LogP contribution < -0.4 is 16.2 Å². The minimum atomic E-state index is -0.232. The third-order valence-electron chi connectivity index (χ3n) is 3.83. The molecule has 0 saturated heterocycles. The molecule has 1 fully saturated rings. The van der Waals surface area contributed by atoms with Crippen molar-refractivity contribution in [2.24, 2.45) is 11.8 Å². The number of pyridine rings is 1. The van der Waals surface area contributed by atoms with Crippen molar-refractivity contribution in [2.45, 2.75) is 18.9 Å². The SMILES string of the molecule is O=C(NNC(=S)N[C@H]1C[C@@H]2C=C[C@H]1C2)c1ccncc1. The largest absolute Gasteiger partial charge is 0.358 e. The third-order valence-corrected chi connectivity index (χ3v) is 4.05. The molecule has 2 bridgehead atoms. The second-order valence-corrected chi connectivity index (χ2v) is 5.58. The predicted octanol–water partition coefficient (Wildman–Crippen LogP) is 1.16. The van der Waals surface area contributed by atoms with E-state index in [9.17, 15) is 4.79 Å². The summed E-state index contributed by atoms with van der Waals surface area (Å²) in [5.41, 5.74) is 5.86. The van der Waals surface area contributed by atoms with Crippen molar-refractivity contribution in [1.29, 1.82) is 0 Å². The van der Waals surface area contributed by atoms with Crippen LogP contribution in [0.3, 0.4) is 0 Å². The number of hydrogen-bond donors (Lipinski definition) is 3. The summed E-state index contributed by atoms with van der Waals surface area (Å²) < 4.78 is 0. The minimum absolute atomic E-state index is 0.232. The number of allylic oxidation sites excluding steroid dienone is 1. The lowest BCUT2D eigenvalue weighted by molar-refractivity contribution is 0.0943. The maximum Gasteiger partial charge on any atom is 0.269 e. The standard InChI is InChI=1S/C14H16N4OS/c19-13(10-3-5-15-6-4-10)17-18-14(20)16-12-8-9-1-2-11(12)7-9/h1-6,9,11-12H,7-8H2,(H,17,19)(H2,16,18,20)/t9-,11+,12+/m1/s1. The molecule has 0 spiro atoms. The lowest BCUT2D eigenvalue weighted by Gasteiger charge is -2.21. The van der Waals surface area contributed by atoms with Gasteiger partial charge in [0.1, 0.15) is 0 Å². The van der Waals surface area contributed by atoms with E-state index in [4.69, 9.17) is 12.2 Å². The number of hydrogen-bond acceptors (Lipinski definition) is 3. The molecule has 2 aliphatic carbocycles. The van der Waals surface area contributed by atoms with E-state index in [0.29, 0.717) is 28.6 Å². The van der Waals surface area contributed by atoms with Crippen LogP contribution in [0.1, 0.15) is 23.2 Å². The normalized spacial score (nSPS) is 26.3. The second kappa shape index (κ2) is 5.58. The fourth-order valence-corrected chi connectivity index (χ4v) is 3.04. The average Bonchev–Trinajstić information content (AvgIpc) is 3.08. The molecular formula is C14H16N4OS. The van der Waals surface area contributed by atoms with E-state index in [1.54, 1.807) is 24.5 Å². The first-order valence-electron chi connectivity index (χ1n) is 6.67. The van der Waals surface area contributed by atoms with Crippen molar-refractivity contribution in [3.8, 4) is 0 Å². The lowest BCUT2D eigenvalue weighted by Crippen LogP contribution is -2.50. The van der Waals surface area contributed by atoms with E-state index in [1.165, 1.54) is 6.42 Å². The second-order valence-electron chi connectivity index (χ2n) is 5.18. The van der Waals surface area contributed by atoms with Gasteiger partial charge in [0.05, 0.1) is 0 Å². The highest BCUT2D eigenvalue weighted by atomic mass is 32.1. The van der Waals surface area contributed by atoms with Gasteiger partial charge in [0.15, 0.2) is 5.11 Å². The number of fused-ring (bicyclic) bond motifs is 2. The topological polar surface area (TPSA) is 66.1 Å². The zero-order valence-electron chi connectivity index (χ0n) is 10.9. The van der Waals surface area contributed by atoms with Gasteiger partial charge in [-0.05, 0) is 49.0 Å². The first-order chi connectivity index (χ1) is 9.72. The highest BCUT2D eigenvalue weighted by Gasteiger charge is 2.35. The molecule has 0 aromatic carbocycles. The summed E-state index contributed by atoms with van der Waals surface area (Å²) in [6.07, 6.45) is 10.0. The Hall–Kier alpha value is -1.95. The van der Waals surface area contributed by atoms with Crippen LogP contribution in [0, 0.1) is 11.8 Å². The van der Waals surface area contributed by atoms with Crippen LogP contribution >= 0.6 is 12.2 Å². The maximum absolute atomic E-state index is 11.8. The van der Waals surface area contributed by atoms with Gasteiger partial charge in [-0.1, -0.05) is 12.2 Å². The van der Waals surface area contributed by atoms with Crippen LogP contribution in [0.5, 0.6) is 0 Å². The van der Waals surface area contributed by atoms with Gasteiger partial charge < -0.3 is 5.32 Å². The van der Waals surface area contributed by atoms with Crippen molar-refractivity contribution in [3.63, 3.8) is 0 Å². The molecule has 6 heteroatoms. The Labute approximate surface area is 122 Å². The monoisotopic (exact) mass is 288 g/mol. The molecule has 104 valence electrons. The van der Waals surface area contributed by atoms with E-state index >= 15 is 0 Å². The smallest absolute Gasteiger partial charge is 0.269 e. The molecule has 0 unspecified atom stereocenters. The quantitative estimate of drug-likeness (QED) is 0.433. The first kappa shape index (κ1) is 13.1. The number of aromatic nitrogens is 1. The minimum Gasteiger partial charge on any atom is -0.358 e. The van der Waals surface area contributed by atoms with Gasteiger partial charge in [-0.15, -0.1) is 0 Å². The van der Waals surface area contributed by atoms with Gasteiger partial charge in [0, 0.05) is 24.0 Å². The molecule has 0 aliphatic heterocycles. The zero-order chi connectivity index (χ0) is 13.9. The van der Waals surface area contributed by atoms with E-state index in [-0.39, 0.29) is 5.91 Å². The van der Waals surface area contributed by atoms with Crippen molar-refractivity contribution in [2.75, 3.05) is 0 Å². The average molecular weight is 288 g/mol. The van der Waals surface area contributed by atoms with Gasteiger partial charge in [-0.25, -0.2) is 0 Å². The predicted molar refractivity (Wildman–Crippen MR) is 79.7 cm³/mol. The fourth-order valence-electron chi connectivity index (χ4n) is 2.84. The van der Waals surface area contributed by atoms with Gasteiger partial charge in [-0.3, -0.25) is 20.6 Å². The zero-order valence-corrected chi connectivity index (χ0v) is 11.7. The fraction of sp³-hybridized carbons (Fsp3) is 0.357. The molecule has 1 saturated carbocycles. The molecule has 1 heterocycles. The van der Waals surface area contributed by atoms with E-state index in [1.807, 2.05) is 0 Å². The van der Waals surface area contributed by atoms with Crippen molar-refractivity contribution in [1.82, 2.24) is 21.2 Å². The number of nitrogens with zero attached hydrogens (tertiary/aromatic N) is 1. The van der Waals surface area contributed by atoms with Gasteiger partial charge in [0.25, 0.3) is 5.91 Å². The van der Waals surface area contributed by atoms with Crippen LogP contribution in [0.25, 0.3) is 0 Å². The number of carbonyl (C=O) groups excluding carboxylic acids is 1. The summed E-state index contributed by atoms with van der Waals surface area (Å²) in [5, 5.41) is 3.72. The summed E-state index contributed by atoms with van der Waals surface area (Å²) in [5.74, 6) is 1.02. The van der Waals surface area contributed by atoms with Crippen molar-refractivity contribution in [3.05, 3.63) is 42.2 Å². The highest BCUT2D eigenvalue weighted by Crippen LogP contribution is 2.38. The van der Waals surface area contributed by atoms with Gasteiger partial charge in [-0.2, -0.15) is 0 Å². The Balaban J connectivity index is 1.46. The van der Waals surface area contributed by atoms with Gasteiger partial charge >= 0.3 is 0 Å². The van der Waals surface area contributed by atoms with Crippen molar-refractivity contribution < 1.29 is 4.79 Å². The number of amides is 1. The summed E-state index contributed by atoms with van der Waals surface area (Å²) in [7, 11) is 0. The summed E-state index contributed by atoms with van der Waals surface area (Å²) in [6, 6.07) is 3.67. The summed E-state index contributed by atoms with van der Waals surface area (Å²) >= 11 is 5.20. The molecule has 3 atom stereocenters. The van der Waals surface area contributed by atoms with Crippen LogP contribution in [-0.2, 0) is 0 Å². The molecule has 2 aliphatic rings. The molecule has 20 heavy (non-hydrogen) atoms. The summed E-state index contributed by atoms with van der Waals surface area (Å²) in [6.45, 7) is 0. The Morgan fingerprint density at radius 3 is 2.65 bits per heavy atom. The molecule has 1 aromatic heterocycles. The number of thiocarbonyl (C=S) groups is 1. The molecule has 1 aromatic rings. The molecule has 5 nitrogen and oxygen atoms in total. The molecule has 3 rings (SSSR count). The van der Waals surface area contributed by atoms with Crippen LogP contribution in [0.15, 0.2) is 36.7 Å². The van der Waals surface area contributed by atoms with E-state index < -0.39 is 0 Å². The summed E-state index contributed by atoms with van der Waals surface area (Å²) in [4.78, 5) is 15.7. The molecular weight excluding hydrogens is 272 g/mol. The van der Waals surface area contributed by atoms with Crippen LogP contribution in [-0.4, -0.2) is 22.0 Å². The maximum atomic E-state index is 11.8. The Morgan fingerprint density at radius 2 is 2.00 bits per heavy atom. The molecule has 3 N–H and O–H groups in total. The van der Waals surface area contributed by atoms with Crippen LogP contribution in [0.2, 0.25) is 0 Å². The Morgan fingerprint density at radius 1 is 1.20 bits per heavy atom. The van der Waals surface area contributed by atoms with Crippen molar-refractivity contribution >= 4 is 23.2 Å².